The van der Waals surface area contributed by atoms with Crippen LogP contribution in [0.3, 0.4) is 0 Å². The zero-order valence-electron chi connectivity index (χ0n) is 13.1. The molecule has 0 spiro atoms. The largest absolute Gasteiger partial charge is 0.370 e. The average molecular weight is 302 g/mol. The molecule has 8 heteroatoms. The van der Waals surface area contributed by atoms with E-state index in [2.05, 4.69) is 42.3 Å². The third-order valence-electron chi connectivity index (χ3n) is 3.69. The minimum atomic E-state index is 0.803. The van der Waals surface area contributed by atoms with Gasteiger partial charge < -0.3 is 10.2 Å². The molecule has 1 N–H and O–H groups in total. The van der Waals surface area contributed by atoms with Gasteiger partial charge in [0.2, 0.25) is 5.95 Å². The first-order chi connectivity index (χ1) is 10.7. The van der Waals surface area contributed by atoms with Gasteiger partial charge >= 0.3 is 0 Å². The molecule has 0 aromatic carbocycles. The Balaban J connectivity index is 1.56. The Morgan fingerprint density at radius 1 is 1.23 bits per heavy atom. The maximum Gasteiger partial charge on any atom is 0.227 e. The van der Waals surface area contributed by atoms with Gasteiger partial charge in [-0.05, 0) is 13.0 Å². The first kappa shape index (κ1) is 14.7. The van der Waals surface area contributed by atoms with Crippen LogP contribution in [0.2, 0.25) is 0 Å². The van der Waals surface area contributed by atoms with E-state index in [4.69, 9.17) is 0 Å². The van der Waals surface area contributed by atoms with Gasteiger partial charge in [0.05, 0.1) is 5.69 Å². The zero-order valence-corrected chi connectivity index (χ0v) is 13.1. The summed E-state index contributed by atoms with van der Waals surface area (Å²) >= 11 is 0. The van der Waals surface area contributed by atoms with Crippen molar-refractivity contribution in [3.05, 3.63) is 24.2 Å². The van der Waals surface area contributed by atoms with Crippen molar-refractivity contribution in [2.24, 2.45) is 7.05 Å². The highest BCUT2D eigenvalue weighted by Gasteiger charge is 2.19. The molecule has 2 aromatic heterocycles. The standard InChI is InChI=1S/C14H22N8/c1-3-15-13-4-5-16-14(17-13)22-8-6-21(7-9-22)11-12-10-20(2)19-18-12/h4-5,10H,3,6-9,11H2,1-2H3,(H,15,16,17). The van der Waals surface area contributed by atoms with Crippen LogP contribution in [0.1, 0.15) is 12.6 Å². The third kappa shape index (κ3) is 3.51. The van der Waals surface area contributed by atoms with E-state index in [1.165, 1.54) is 0 Å². The number of hydrogen-bond donors (Lipinski definition) is 1. The first-order valence-corrected chi connectivity index (χ1v) is 7.64. The topological polar surface area (TPSA) is 75.0 Å². The molecule has 2 aromatic rings. The number of anilines is 2. The van der Waals surface area contributed by atoms with Gasteiger partial charge in [0.15, 0.2) is 0 Å². The van der Waals surface area contributed by atoms with Crippen LogP contribution in [0, 0.1) is 0 Å². The van der Waals surface area contributed by atoms with E-state index in [0.29, 0.717) is 0 Å². The highest BCUT2D eigenvalue weighted by Crippen LogP contribution is 2.14. The van der Waals surface area contributed by atoms with Gasteiger partial charge in [0, 0.05) is 58.7 Å². The maximum absolute atomic E-state index is 4.56. The SMILES string of the molecule is CCNc1ccnc(N2CCN(Cc3cn(C)nn3)CC2)n1. The van der Waals surface area contributed by atoms with Crippen LogP contribution in [-0.4, -0.2) is 62.6 Å². The smallest absolute Gasteiger partial charge is 0.227 e. The van der Waals surface area contributed by atoms with Crippen LogP contribution in [0.15, 0.2) is 18.5 Å². The van der Waals surface area contributed by atoms with E-state index >= 15 is 0 Å². The highest BCUT2D eigenvalue weighted by molar-refractivity contribution is 5.41. The van der Waals surface area contributed by atoms with Crippen molar-refractivity contribution >= 4 is 11.8 Å². The lowest BCUT2D eigenvalue weighted by Gasteiger charge is -2.34. The van der Waals surface area contributed by atoms with Crippen molar-refractivity contribution < 1.29 is 0 Å². The van der Waals surface area contributed by atoms with Crippen molar-refractivity contribution in [3.8, 4) is 0 Å². The molecule has 8 nitrogen and oxygen atoms in total. The molecule has 3 rings (SSSR count). The second-order valence-corrected chi connectivity index (χ2v) is 5.42. The molecular weight excluding hydrogens is 280 g/mol. The molecule has 0 atom stereocenters. The highest BCUT2D eigenvalue weighted by atomic mass is 15.4. The number of nitrogens with zero attached hydrogens (tertiary/aromatic N) is 7. The van der Waals surface area contributed by atoms with Gasteiger partial charge in [-0.25, -0.2) is 4.98 Å². The van der Waals surface area contributed by atoms with Gasteiger partial charge in [-0.3, -0.25) is 9.58 Å². The Morgan fingerprint density at radius 2 is 2.05 bits per heavy atom. The number of aryl methyl sites for hydroxylation is 1. The molecule has 1 saturated heterocycles. The molecule has 0 saturated carbocycles. The maximum atomic E-state index is 4.56. The molecule has 0 radical (unpaired) electrons. The summed E-state index contributed by atoms with van der Waals surface area (Å²) in [7, 11) is 1.89. The summed E-state index contributed by atoms with van der Waals surface area (Å²) in [4.78, 5) is 13.6. The van der Waals surface area contributed by atoms with Crippen LogP contribution < -0.4 is 10.2 Å². The number of rotatable bonds is 5. The normalized spacial score (nSPS) is 16.0. The lowest BCUT2D eigenvalue weighted by molar-refractivity contribution is 0.246. The molecule has 0 amide bonds. The lowest BCUT2D eigenvalue weighted by atomic mass is 10.3. The van der Waals surface area contributed by atoms with Gasteiger partial charge in [-0.2, -0.15) is 4.98 Å². The van der Waals surface area contributed by atoms with Gasteiger partial charge in [0.1, 0.15) is 5.82 Å². The Bertz CT molecular complexity index is 602. The monoisotopic (exact) mass is 302 g/mol. The number of nitrogens with one attached hydrogen (secondary N) is 1. The summed E-state index contributed by atoms with van der Waals surface area (Å²) in [5.74, 6) is 1.69. The third-order valence-corrected chi connectivity index (χ3v) is 3.69. The zero-order chi connectivity index (χ0) is 15.4. The summed E-state index contributed by atoms with van der Waals surface area (Å²) < 4.78 is 1.74. The molecule has 1 aliphatic rings. The molecule has 1 fully saturated rings. The summed E-state index contributed by atoms with van der Waals surface area (Å²) in [5, 5.41) is 11.3. The Labute approximate surface area is 130 Å². The number of aromatic nitrogens is 5. The molecule has 3 heterocycles. The first-order valence-electron chi connectivity index (χ1n) is 7.64. The van der Waals surface area contributed by atoms with Crippen molar-refractivity contribution in [2.75, 3.05) is 42.9 Å². The predicted octanol–water partition coefficient (Wildman–Crippen LogP) is 0.359. The van der Waals surface area contributed by atoms with Crippen molar-refractivity contribution in [2.45, 2.75) is 13.5 Å². The predicted molar refractivity (Wildman–Crippen MR) is 84.7 cm³/mol. The van der Waals surface area contributed by atoms with E-state index in [1.54, 1.807) is 4.68 Å². The second kappa shape index (κ2) is 6.69. The summed E-state index contributed by atoms with van der Waals surface area (Å²) in [6.45, 7) is 7.58. The van der Waals surface area contributed by atoms with Crippen LogP contribution in [0.25, 0.3) is 0 Å². The van der Waals surface area contributed by atoms with Crippen molar-refractivity contribution in [3.63, 3.8) is 0 Å². The van der Waals surface area contributed by atoms with Crippen LogP contribution >= 0.6 is 0 Å². The van der Waals surface area contributed by atoms with E-state index < -0.39 is 0 Å². The Morgan fingerprint density at radius 3 is 2.73 bits per heavy atom. The van der Waals surface area contributed by atoms with Crippen molar-refractivity contribution in [1.82, 2.24) is 29.9 Å². The fourth-order valence-corrected chi connectivity index (χ4v) is 2.58. The quantitative estimate of drug-likeness (QED) is 0.854. The molecule has 22 heavy (non-hydrogen) atoms. The fourth-order valence-electron chi connectivity index (χ4n) is 2.58. The lowest BCUT2D eigenvalue weighted by Crippen LogP contribution is -2.46. The second-order valence-electron chi connectivity index (χ2n) is 5.42. The van der Waals surface area contributed by atoms with Crippen LogP contribution in [0.4, 0.5) is 11.8 Å². The molecule has 0 aliphatic carbocycles. The molecule has 1 aliphatic heterocycles. The van der Waals surface area contributed by atoms with Crippen molar-refractivity contribution in [1.29, 1.82) is 0 Å². The fraction of sp³-hybridized carbons (Fsp3) is 0.571. The summed E-state index contributed by atoms with van der Waals surface area (Å²) in [6.07, 6.45) is 3.78. The number of hydrogen-bond acceptors (Lipinski definition) is 7. The molecular formula is C14H22N8. The van der Waals surface area contributed by atoms with E-state index in [0.717, 1.165) is 56.7 Å². The van der Waals surface area contributed by atoms with E-state index in [-0.39, 0.29) is 0 Å². The number of piperazine rings is 1. The van der Waals surface area contributed by atoms with E-state index in [9.17, 15) is 0 Å². The van der Waals surface area contributed by atoms with Crippen LogP contribution in [0.5, 0.6) is 0 Å². The average Bonchev–Trinajstić information content (AvgIpc) is 2.94. The van der Waals surface area contributed by atoms with Gasteiger partial charge in [-0.15, -0.1) is 5.10 Å². The minimum Gasteiger partial charge on any atom is -0.370 e. The minimum absolute atomic E-state index is 0.803. The summed E-state index contributed by atoms with van der Waals surface area (Å²) in [5.41, 5.74) is 1.02. The van der Waals surface area contributed by atoms with Gasteiger partial charge in [-0.1, -0.05) is 5.21 Å². The van der Waals surface area contributed by atoms with Crippen LogP contribution in [-0.2, 0) is 13.6 Å². The molecule has 0 unspecified atom stereocenters. The van der Waals surface area contributed by atoms with Gasteiger partial charge in [0.25, 0.3) is 0 Å². The summed E-state index contributed by atoms with van der Waals surface area (Å²) in [6, 6.07) is 1.90. The molecule has 118 valence electrons. The van der Waals surface area contributed by atoms with E-state index in [1.807, 2.05) is 25.5 Å². The Hall–Kier alpha value is -2.22. The Kier molecular flexibility index (Phi) is 4.47. The molecule has 0 bridgehead atoms.